The van der Waals surface area contributed by atoms with Crippen molar-refractivity contribution in [2.24, 2.45) is 0 Å². The highest BCUT2D eigenvalue weighted by molar-refractivity contribution is 5.69. The second-order valence-electron chi connectivity index (χ2n) is 1.89. The largest absolute Gasteiger partial charge is 0.469 e. The normalized spacial score (nSPS) is 8.73. The first-order chi connectivity index (χ1) is 5.31. The van der Waals surface area contributed by atoms with Gasteiger partial charge in [0, 0.05) is 6.42 Å². The molecule has 0 amide bonds. The van der Waals surface area contributed by atoms with Crippen molar-refractivity contribution in [3.05, 3.63) is 0 Å². The maximum absolute atomic E-state index is 10.5. The van der Waals surface area contributed by atoms with E-state index in [0.717, 1.165) is 0 Å². The topological polar surface area (TPSA) is 35.5 Å². The van der Waals surface area contributed by atoms with Gasteiger partial charge in [0.15, 0.2) is 0 Å². The lowest BCUT2D eigenvalue weighted by Crippen LogP contribution is -2.06. The summed E-state index contributed by atoms with van der Waals surface area (Å²) >= 11 is 0. The SMILES string of the molecule is C#CCCOCCC(=O)OC. The molecule has 0 fully saturated rings. The zero-order valence-electron chi connectivity index (χ0n) is 6.63. The summed E-state index contributed by atoms with van der Waals surface area (Å²) in [6.07, 6.45) is 5.85. The highest BCUT2D eigenvalue weighted by Gasteiger charge is 1.97. The molecule has 0 aromatic rings. The van der Waals surface area contributed by atoms with Gasteiger partial charge in [-0.15, -0.1) is 12.3 Å². The van der Waals surface area contributed by atoms with Gasteiger partial charge in [-0.1, -0.05) is 0 Å². The van der Waals surface area contributed by atoms with Crippen LogP contribution in [0.4, 0.5) is 0 Å². The van der Waals surface area contributed by atoms with E-state index < -0.39 is 0 Å². The fraction of sp³-hybridized carbons (Fsp3) is 0.625. The molecule has 3 heteroatoms. The van der Waals surface area contributed by atoms with Gasteiger partial charge in [-0.2, -0.15) is 0 Å². The number of terminal acetylenes is 1. The van der Waals surface area contributed by atoms with Gasteiger partial charge in [-0.05, 0) is 0 Å². The second kappa shape index (κ2) is 7.10. The van der Waals surface area contributed by atoms with Crippen LogP contribution in [0.3, 0.4) is 0 Å². The number of carbonyl (C=O) groups excluding carboxylic acids is 1. The molecule has 62 valence electrons. The fourth-order valence-electron chi connectivity index (χ4n) is 0.491. The van der Waals surface area contributed by atoms with E-state index in [1.165, 1.54) is 7.11 Å². The Morgan fingerprint density at radius 2 is 2.27 bits per heavy atom. The van der Waals surface area contributed by atoms with Crippen LogP contribution in [0.2, 0.25) is 0 Å². The third kappa shape index (κ3) is 6.88. The minimum atomic E-state index is -0.259. The van der Waals surface area contributed by atoms with Gasteiger partial charge in [0.05, 0.1) is 26.7 Å². The van der Waals surface area contributed by atoms with E-state index in [4.69, 9.17) is 11.2 Å². The Morgan fingerprint density at radius 3 is 2.82 bits per heavy atom. The molecular weight excluding hydrogens is 144 g/mol. The molecule has 0 N–H and O–H groups in total. The smallest absolute Gasteiger partial charge is 0.307 e. The van der Waals surface area contributed by atoms with E-state index in [2.05, 4.69) is 10.7 Å². The summed E-state index contributed by atoms with van der Waals surface area (Å²) in [5.74, 6) is 2.17. The van der Waals surface area contributed by atoms with E-state index in [-0.39, 0.29) is 5.97 Å². The molecule has 11 heavy (non-hydrogen) atoms. The molecule has 0 spiro atoms. The predicted octanol–water partition coefficient (Wildman–Crippen LogP) is 0.589. The third-order valence-electron chi connectivity index (χ3n) is 1.07. The van der Waals surface area contributed by atoms with Crippen molar-refractivity contribution in [2.45, 2.75) is 12.8 Å². The van der Waals surface area contributed by atoms with Crippen molar-refractivity contribution in [1.82, 2.24) is 0 Å². The summed E-state index contributed by atoms with van der Waals surface area (Å²) in [5, 5.41) is 0. The molecule has 0 atom stereocenters. The van der Waals surface area contributed by atoms with Crippen molar-refractivity contribution in [1.29, 1.82) is 0 Å². The van der Waals surface area contributed by atoms with Gasteiger partial charge in [-0.25, -0.2) is 0 Å². The second-order valence-corrected chi connectivity index (χ2v) is 1.89. The first-order valence-corrected chi connectivity index (χ1v) is 3.39. The van der Waals surface area contributed by atoms with Crippen molar-refractivity contribution >= 4 is 5.97 Å². The summed E-state index contributed by atoms with van der Waals surface area (Å²) in [6, 6.07) is 0. The van der Waals surface area contributed by atoms with Gasteiger partial charge >= 0.3 is 5.97 Å². The Labute approximate surface area is 66.7 Å². The number of carbonyl (C=O) groups is 1. The first kappa shape index (κ1) is 9.99. The Balaban J connectivity index is 3.03. The number of hydrogen-bond donors (Lipinski definition) is 0. The highest BCUT2D eigenvalue weighted by atomic mass is 16.5. The molecule has 0 rings (SSSR count). The third-order valence-corrected chi connectivity index (χ3v) is 1.07. The standard InChI is InChI=1S/C8H12O3/c1-3-4-6-11-7-5-8(9)10-2/h1H,4-7H2,2H3. The van der Waals surface area contributed by atoms with Crippen LogP contribution in [0.25, 0.3) is 0 Å². The summed E-state index contributed by atoms with van der Waals surface area (Å²) in [4.78, 5) is 10.5. The molecule has 0 aliphatic heterocycles. The first-order valence-electron chi connectivity index (χ1n) is 3.39. The molecule has 0 unspecified atom stereocenters. The number of rotatable bonds is 5. The van der Waals surface area contributed by atoms with Gasteiger partial charge < -0.3 is 9.47 Å². The average Bonchev–Trinajstić information content (AvgIpc) is 2.04. The van der Waals surface area contributed by atoms with Crippen LogP contribution in [-0.2, 0) is 14.3 Å². The van der Waals surface area contributed by atoms with Crippen molar-refractivity contribution < 1.29 is 14.3 Å². The number of methoxy groups -OCH3 is 1. The summed E-state index contributed by atoms with van der Waals surface area (Å²) in [6.45, 7) is 0.891. The molecule has 0 aliphatic rings. The van der Waals surface area contributed by atoms with E-state index in [0.29, 0.717) is 26.1 Å². The van der Waals surface area contributed by atoms with Crippen LogP contribution in [0, 0.1) is 12.3 Å². The maximum Gasteiger partial charge on any atom is 0.307 e. The van der Waals surface area contributed by atoms with E-state index in [9.17, 15) is 4.79 Å². The van der Waals surface area contributed by atoms with Crippen LogP contribution in [0.1, 0.15) is 12.8 Å². The van der Waals surface area contributed by atoms with E-state index >= 15 is 0 Å². The zero-order chi connectivity index (χ0) is 8.53. The lowest BCUT2D eigenvalue weighted by Gasteiger charge is -1.99. The number of hydrogen-bond acceptors (Lipinski definition) is 3. The lowest BCUT2D eigenvalue weighted by atomic mass is 10.4. The molecule has 0 saturated heterocycles. The minimum Gasteiger partial charge on any atom is -0.469 e. The molecule has 0 aliphatic carbocycles. The van der Waals surface area contributed by atoms with E-state index in [1.54, 1.807) is 0 Å². The van der Waals surface area contributed by atoms with Crippen LogP contribution >= 0.6 is 0 Å². The van der Waals surface area contributed by atoms with Crippen LogP contribution < -0.4 is 0 Å². The summed E-state index contributed by atoms with van der Waals surface area (Å²) in [7, 11) is 1.35. The Morgan fingerprint density at radius 1 is 1.55 bits per heavy atom. The molecule has 0 bridgehead atoms. The number of esters is 1. The number of ether oxygens (including phenoxy) is 2. The molecular formula is C8H12O3. The Kier molecular flexibility index (Phi) is 6.45. The van der Waals surface area contributed by atoms with Gasteiger partial charge in [0.25, 0.3) is 0 Å². The van der Waals surface area contributed by atoms with Crippen LogP contribution in [0.15, 0.2) is 0 Å². The Bertz CT molecular complexity index is 146. The summed E-state index contributed by atoms with van der Waals surface area (Å²) < 4.78 is 9.40. The molecule has 0 aromatic carbocycles. The summed E-state index contributed by atoms with van der Waals surface area (Å²) in [5.41, 5.74) is 0. The van der Waals surface area contributed by atoms with E-state index in [1.807, 2.05) is 0 Å². The quantitative estimate of drug-likeness (QED) is 0.332. The predicted molar refractivity (Wildman–Crippen MR) is 40.9 cm³/mol. The molecule has 0 aromatic heterocycles. The maximum atomic E-state index is 10.5. The van der Waals surface area contributed by atoms with Crippen molar-refractivity contribution in [2.75, 3.05) is 20.3 Å². The molecule has 0 radical (unpaired) electrons. The van der Waals surface area contributed by atoms with Crippen LogP contribution in [0.5, 0.6) is 0 Å². The minimum absolute atomic E-state index is 0.259. The monoisotopic (exact) mass is 156 g/mol. The van der Waals surface area contributed by atoms with Gasteiger partial charge in [0.2, 0.25) is 0 Å². The molecule has 0 saturated carbocycles. The fourth-order valence-corrected chi connectivity index (χ4v) is 0.491. The van der Waals surface area contributed by atoms with Gasteiger partial charge in [0.1, 0.15) is 0 Å². The average molecular weight is 156 g/mol. The zero-order valence-corrected chi connectivity index (χ0v) is 6.63. The van der Waals surface area contributed by atoms with Crippen molar-refractivity contribution in [3.8, 4) is 12.3 Å². The van der Waals surface area contributed by atoms with Gasteiger partial charge in [-0.3, -0.25) is 4.79 Å². The van der Waals surface area contributed by atoms with Crippen molar-refractivity contribution in [3.63, 3.8) is 0 Å². The molecule has 3 nitrogen and oxygen atoms in total. The Hall–Kier alpha value is -1.01. The molecule has 0 heterocycles. The van der Waals surface area contributed by atoms with Crippen LogP contribution in [-0.4, -0.2) is 26.3 Å². The highest BCUT2D eigenvalue weighted by Crippen LogP contribution is 1.87. The lowest BCUT2D eigenvalue weighted by molar-refractivity contribution is -0.141.